The van der Waals surface area contributed by atoms with E-state index < -0.39 is 12.1 Å². The number of carboxylic acids is 1. The van der Waals surface area contributed by atoms with Gasteiger partial charge < -0.3 is 27.4 Å². The molecule has 168 valence electrons. The summed E-state index contributed by atoms with van der Waals surface area (Å²) >= 11 is 0. The number of nitrogens with zero attached hydrogens (tertiary/aromatic N) is 1. The Balaban J connectivity index is -0.000000376. The van der Waals surface area contributed by atoms with Gasteiger partial charge in [0, 0.05) is 13.0 Å². The maximum Gasteiger partial charge on any atom is 0.332 e. The van der Waals surface area contributed by atoms with E-state index in [1.54, 1.807) is 0 Å². The molecule has 0 fully saturated rings. The van der Waals surface area contributed by atoms with Crippen molar-refractivity contribution >= 4 is 17.8 Å². The van der Waals surface area contributed by atoms with Gasteiger partial charge in [0.15, 0.2) is 5.96 Å². The number of primary amides is 1. The fourth-order valence-corrected chi connectivity index (χ4v) is 1.98. The van der Waals surface area contributed by atoms with Crippen molar-refractivity contribution in [2.45, 2.75) is 104 Å². The number of carbonyl (C=O) groups excluding carboxylic acids is 1. The van der Waals surface area contributed by atoms with E-state index >= 15 is 0 Å². The van der Waals surface area contributed by atoms with Crippen LogP contribution in [0.25, 0.3) is 0 Å². The van der Waals surface area contributed by atoms with Crippen LogP contribution in [0.1, 0.15) is 97.8 Å². The summed E-state index contributed by atoms with van der Waals surface area (Å²) in [5.74, 6) is -1.15. The van der Waals surface area contributed by atoms with Crippen molar-refractivity contribution in [3.05, 3.63) is 0 Å². The summed E-state index contributed by atoms with van der Waals surface area (Å²) in [6.45, 7) is 6.30. The Bertz CT molecular complexity index is 384. The van der Waals surface area contributed by atoms with Gasteiger partial charge in [-0.05, 0) is 19.8 Å². The SMILES string of the molecule is CC(O)C(=O)O.CCCCCCCCCCCC(N)=O.CCCCN=C(N)N. The second-order valence-electron chi connectivity index (χ2n) is 6.72. The highest BCUT2D eigenvalue weighted by atomic mass is 16.4. The molecule has 0 saturated carbocycles. The molecular formula is C20H44N4O4. The first-order valence-corrected chi connectivity index (χ1v) is 10.4. The molecule has 1 atom stereocenters. The Hall–Kier alpha value is -1.83. The molecule has 8 nitrogen and oxygen atoms in total. The number of aliphatic imine (C=N–C) groups is 1. The minimum Gasteiger partial charge on any atom is -0.479 e. The standard InChI is InChI=1S/C12H25NO.C5H13N3.C3H6O3/c1-2-3-4-5-6-7-8-9-10-11-12(13)14;1-2-3-4-8-5(6)7;1-2(4)3(5)6/h2-11H2,1H3,(H2,13,14);2-4H2,1H3,(H4,6,7,8);2,4H,1H3,(H,5,6). The van der Waals surface area contributed by atoms with Gasteiger partial charge in [0.2, 0.25) is 5.91 Å². The van der Waals surface area contributed by atoms with Gasteiger partial charge in [0.1, 0.15) is 6.10 Å². The van der Waals surface area contributed by atoms with E-state index in [0.29, 0.717) is 6.42 Å². The molecule has 0 bridgehead atoms. The zero-order chi connectivity index (χ0) is 22.2. The second-order valence-corrected chi connectivity index (χ2v) is 6.72. The highest BCUT2D eigenvalue weighted by Crippen LogP contribution is 2.10. The maximum atomic E-state index is 10.4. The van der Waals surface area contributed by atoms with Crippen molar-refractivity contribution < 1.29 is 19.8 Å². The van der Waals surface area contributed by atoms with Crippen LogP contribution in [0.15, 0.2) is 4.99 Å². The molecule has 1 amide bonds. The summed E-state index contributed by atoms with van der Waals surface area (Å²) in [5.41, 5.74) is 15.2. The molecule has 28 heavy (non-hydrogen) atoms. The number of aliphatic hydroxyl groups is 1. The number of guanidine groups is 1. The number of carbonyl (C=O) groups is 2. The van der Waals surface area contributed by atoms with Crippen LogP contribution in [0.5, 0.6) is 0 Å². The van der Waals surface area contributed by atoms with Gasteiger partial charge >= 0.3 is 5.97 Å². The van der Waals surface area contributed by atoms with Crippen LogP contribution in [0.2, 0.25) is 0 Å². The van der Waals surface area contributed by atoms with Crippen LogP contribution in [-0.2, 0) is 9.59 Å². The number of unbranched alkanes of at least 4 members (excludes halogenated alkanes) is 9. The van der Waals surface area contributed by atoms with E-state index in [1.165, 1.54) is 51.9 Å². The first-order valence-electron chi connectivity index (χ1n) is 10.4. The topological polar surface area (TPSA) is 165 Å². The van der Waals surface area contributed by atoms with Gasteiger partial charge in [0.05, 0.1) is 0 Å². The number of rotatable bonds is 14. The number of nitrogens with two attached hydrogens (primary N) is 3. The molecule has 0 spiro atoms. The van der Waals surface area contributed by atoms with Gasteiger partial charge in [0.25, 0.3) is 0 Å². The molecule has 8 heteroatoms. The molecule has 0 aromatic carbocycles. The molecule has 0 aliphatic carbocycles. The Morgan fingerprint density at radius 1 is 0.821 bits per heavy atom. The van der Waals surface area contributed by atoms with Gasteiger partial charge in [-0.2, -0.15) is 0 Å². The molecule has 0 saturated heterocycles. The minimum absolute atomic E-state index is 0.159. The van der Waals surface area contributed by atoms with E-state index in [4.69, 9.17) is 27.4 Å². The van der Waals surface area contributed by atoms with E-state index in [0.717, 1.165) is 32.2 Å². The summed E-state index contributed by atoms with van der Waals surface area (Å²) in [4.78, 5) is 23.7. The van der Waals surface area contributed by atoms with E-state index in [1.807, 2.05) is 0 Å². The predicted octanol–water partition coefficient (Wildman–Crippen LogP) is 2.90. The van der Waals surface area contributed by atoms with Crippen molar-refractivity contribution in [1.29, 1.82) is 0 Å². The first-order chi connectivity index (χ1) is 13.2. The fraction of sp³-hybridized carbons (Fsp3) is 0.850. The largest absolute Gasteiger partial charge is 0.479 e. The fourth-order valence-electron chi connectivity index (χ4n) is 1.98. The summed E-state index contributed by atoms with van der Waals surface area (Å²) in [6.07, 6.45) is 13.1. The number of aliphatic carboxylic acids is 1. The average Bonchev–Trinajstić information content (AvgIpc) is 2.61. The molecule has 0 heterocycles. The lowest BCUT2D eigenvalue weighted by molar-refractivity contribution is -0.145. The van der Waals surface area contributed by atoms with Gasteiger partial charge in [-0.15, -0.1) is 0 Å². The lowest BCUT2D eigenvalue weighted by Gasteiger charge is -2.00. The lowest BCUT2D eigenvalue weighted by Crippen LogP contribution is -2.22. The molecule has 1 unspecified atom stereocenters. The third-order valence-corrected chi connectivity index (χ3v) is 3.69. The summed E-state index contributed by atoms with van der Waals surface area (Å²) < 4.78 is 0. The highest BCUT2D eigenvalue weighted by Gasteiger charge is 2.01. The van der Waals surface area contributed by atoms with Gasteiger partial charge in [-0.1, -0.05) is 71.6 Å². The third kappa shape index (κ3) is 39.3. The molecule has 0 aliphatic rings. The highest BCUT2D eigenvalue weighted by molar-refractivity contribution is 5.75. The molecule has 0 aliphatic heterocycles. The summed E-state index contributed by atoms with van der Waals surface area (Å²) in [5, 5.41) is 15.8. The zero-order valence-electron chi connectivity index (χ0n) is 18.2. The predicted molar refractivity (Wildman–Crippen MR) is 116 cm³/mol. The van der Waals surface area contributed by atoms with Crippen LogP contribution in [-0.4, -0.2) is 40.7 Å². The number of carboxylic acid groups (broad SMARTS) is 1. The minimum atomic E-state index is -1.23. The van der Waals surface area contributed by atoms with Crippen LogP contribution >= 0.6 is 0 Å². The number of hydrogen-bond donors (Lipinski definition) is 5. The number of amides is 1. The van der Waals surface area contributed by atoms with E-state index in [2.05, 4.69) is 18.8 Å². The van der Waals surface area contributed by atoms with Gasteiger partial charge in [-0.25, -0.2) is 4.79 Å². The molecule has 8 N–H and O–H groups in total. The number of hydrogen-bond acceptors (Lipinski definition) is 4. The maximum absolute atomic E-state index is 10.4. The summed E-state index contributed by atoms with van der Waals surface area (Å²) in [6, 6.07) is 0. The Kier molecular flexibility index (Phi) is 27.8. The zero-order valence-corrected chi connectivity index (χ0v) is 18.2. The van der Waals surface area contributed by atoms with Crippen LogP contribution < -0.4 is 17.2 Å². The third-order valence-electron chi connectivity index (χ3n) is 3.69. The quantitative estimate of drug-likeness (QED) is 0.170. The van der Waals surface area contributed by atoms with Crippen LogP contribution in [0.4, 0.5) is 0 Å². The van der Waals surface area contributed by atoms with Crippen LogP contribution in [0, 0.1) is 0 Å². The van der Waals surface area contributed by atoms with Crippen molar-refractivity contribution in [2.75, 3.05) is 6.54 Å². The number of aliphatic hydroxyl groups excluding tert-OH is 1. The van der Waals surface area contributed by atoms with Crippen molar-refractivity contribution in [3.8, 4) is 0 Å². The Morgan fingerprint density at radius 3 is 1.54 bits per heavy atom. The summed E-state index contributed by atoms with van der Waals surface area (Å²) in [7, 11) is 0. The Morgan fingerprint density at radius 2 is 1.21 bits per heavy atom. The normalized spacial score (nSPS) is 10.6. The molecule has 0 rings (SSSR count). The van der Waals surface area contributed by atoms with Gasteiger partial charge in [-0.3, -0.25) is 9.79 Å². The first kappa shape index (κ1) is 30.9. The smallest absolute Gasteiger partial charge is 0.332 e. The van der Waals surface area contributed by atoms with E-state index in [-0.39, 0.29) is 11.9 Å². The molecule has 0 aromatic rings. The molecule has 0 aromatic heterocycles. The van der Waals surface area contributed by atoms with Crippen LogP contribution in [0.3, 0.4) is 0 Å². The Labute approximate surface area is 171 Å². The molecular weight excluding hydrogens is 360 g/mol. The van der Waals surface area contributed by atoms with Crippen molar-refractivity contribution in [1.82, 2.24) is 0 Å². The monoisotopic (exact) mass is 404 g/mol. The molecule has 0 radical (unpaired) electrons. The van der Waals surface area contributed by atoms with Crippen molar-refractivity contribution in [2.24, 2.45) is 22.2 Å². The average molecular weight is 405 g/mol. The van der Waals surface area contributed by atoms with Crippen molar-refractivity contribution in [3.63, 3.8) is 0 Å². The lowest BCUT2D eigenvalue weighted by atomic mass is 10.1. The van der Waals surface area contributed by atoms with E-state index in [9.17, 15) is 9.59 Å². The second kappa shape index (κ2) is 25.2.